The molecule has 0 atom stereocenters. The lowest BCUT2D eigenvalue weighted by molar-refractivity contribution is 0.669. The molecular weight excluding hydrogens is 647 g/mol. The molecule has 3 aromatic heterocycles. The van der Waals surface area contributed by atoms with Gasteiger partial charge in [0.1, 0.15) is 5.58 Å². The number of furan rings is 1. The second-order valence-corrected chi connectivity index (χ2v) is 14.9. The molecule has 2 nitrogen and oxygen atoms in total. The van der Waals surface area contributed by atoms with Crippen LogP contribution >= 0.6 is 22.7 Å². The van der Waals surface area contributed by atoms with Crippen LogP contribution in [0.25, 0.3) is 84.2 Å². The van der Waals surface area contributed by atoms with Crippen LogP contribution < -0.4 is 4.90 Å². The molecule has 0 amide bonds. The van der Waals surface area contributed by atoms with Crippen molar-refractivity contribution >= 4 is 113 Å². The zero-order valence-electron chi connectivity index (χ0n) is 26.8. The van der Waals surface area contributed by atoms with E-state index in [1.807, 2.05) is 28.7 Å². The largest absolute Gasteiger partial charge is 0.454 e. The van der Waals surface area contributed by atoms with Gasteiger partial charge in [-0.3, -0.25) is 0 Å². The molecule has 11 rings (SSSR count). The number of fused-ring (bicyclic) bond motifs is 12. The standard InChI is InChI=1S/C46H27NOS2/c1-2-10-28(11-3-1)29-20-23-31(24-21-29)47(37-17-8-15-34-33-14-6-7-19-39(33)48-44(34)37)38-18-9-16-35-42-41(50-46(35)38)27-26-40-43(42)36-25-22-30-12-4-5-13-32(30)45(36)49-40/h1-27H. The molecule has 0 bridgehead atoms. The predicted octanol–water partition coefficient (Wildman–Crippen LogP) is 14.6. The molecule has 0 spiro atoms. The molecule has 3 heterocycles. The Kier molecular flexibility index (Phi) is 6.03. The average molecular weight is 674 g/mol. The third-order valence-corrected chi connectivity index (χ3v) is 12.5. The number of thiophene rings is 2. The van der Waals surface area contributed by atoms with Gasteiger partial charge >= 0.3 is 0 Å². The van der Waals surface area contributed by atoms with Gasteiger partial charge in [-0.25, -0.2) is 0 Å². The number of hydrogen-bond acceptors (Lipinski definition) is 4. The van der Waals surface area contributed by atoms with Crippen molar-refractivity contribution in [2.75, 3.05) is 4.90 Å². The monoisotopic (exact) mass is 673 g/mol. The normalized spacial score (nSPS) is 12.0. The maximum Gasteiger partial charge on any atom is 0.159 e. The summed E-state index contributed by atoms with van der Waals surface area (Å²) in [6, 6.07) is 59.1. The summed E-state index contributed by atoms with van der Waals surface area (Å²) in [5.74, 6) is 0. The number of anilines is 3. The highest BCUT2D eigenvalue weighted by Crippen LogP contribution is 2.51. The summed E-state index contributed by atoms with van der Waals surface area (Å²) >= 11 is 3.79. The Hall–Kier alpha value is -5.94. The van der Waals surface area contributed by atoms with E-state index in [1.54, 1.807) is 0 Å². The number of nitrogens with zero attached hydrogens (tertiary/aromatic N) is 1. The van der Waals surface area contributed by atoms with Gasteiger partial charge in [0.2, 0.25) is 0 Å². The first-order valence-corrected chi connectivity index (χ1v) is 18.5. The zero-order valence-corrected chi connectivity index (χ0v) is 28.4. The van der Waals surface area contributed by atoms with Crippen molar-refractivity contribution in [3.8, 4) is 11.1 Å². The van der Waals surface area contributed by atoms with Gasteiger partial charge in [-0.05, 0) is 64.4 Å². The van der Waals surface area contributed by atoms with Gasteiger partial charge in [0.15, 0.2) is 5.58 Å². The fraction of sp³-hybridized carbons (Fsp3) is 0. The van der Waals surface area contributed by atoms with Gasteiger partial charge < -0.3 is 9.32 Å². The summed E-state index contributed by atoms with van der Waals surface area (Å²) in [6.07, 6.45) is 0. The third kappa shape index (κ3) is 4.07. The van der Waals surface area contributed by atoms with Gasteiger partial charge in [-0.15, -0.1) is 22.7 Å². The van der Waals surface area contributed by atoms with Gasteiger partial charge in [-0.2, -0.15) is 0 Å². The molecule has 0 aliphatic heterocycles. The first-order valence-electron chi connectivity index (χ1n) is 16.8. The minimum Gasteiger partial charge on any atom is -0.454 e. The number of rotatable bonds is 4. The molecule has 234 valence electrons. The van der Waals surface area contributed by atoms with Crippen molar-refractivity contribution in [2.45, 2.75) is 0 Å². The van der Waals surface area contributed by atoms with E-state index < -0.39 is 0 Å². The predicted molar refractivity (Wildman–Crippen MR) is 217 cm³/mol. The Morgan fingerprint density at radius 3 is 1.84 bits per heavy atom. The molecule has 0 aliphatic carbocycles. The summed E-state index contributed by atoms with van der Waals surface area (Å²) < 4.78 is 11.9. The summed E-state index contributed by atoms with van der Waals surface area (Å²) in [7, 11) is 0. The van der Waals surface area contributed by atoms with Gasteiger partial charge in [0, 0.05) is 52.1 Å². The Morgan fingerprint density at radius 1 is 0.400 bits per heavy atom. The Balaban J connectivity index is 1.20. The minimum atomic E-state index is 0.886. The van der Waals surface area contributed by atoms with Crippen molar-refractivity contribution in [2.24, 2.45) is 0 Å². The molecule has 0 saturated carbocycles. The molecule has 0 fully saturated rings. The second kappa shape index (κ2) is 10.8. The van der Waals surface area contributed by atoms with Crippen LogP contribution in [0.15, 0.2) is 168 Å². The lowest BCUT2D eigenvalue weighted by Crippen LogP contribution is -2.10. The molecule has 11 aromatic rings. The quantitative estimate of drug-likeness (QED) is 0.185. The lowest BCUT2D eigenvalue weighted by Gasteiger charge is -2.26. The fourth-order valence-electron chi connectivity index (χ4n) is 7.79. The van der Waals surface area contributed by atoms with Gasteiger partial charge in [0.05, 0.1) is 16.1 Å². The van der Waals surface area contributed by atoms with Crippen LogP contribution in [0.5, 0.6) is 0 Å². The smallest absolute Gasteiger partial charge is 0.159 e. The molecule has 4 heteroatoms. The van der Waals surface area contributed by atoms with Crippen molar-refractivity contribution in [1.29, 1.82) is 0 Å². The highest BCUT2D eigenvalue weighted by atomic mass is 32.1. The summed E-state index contributed by atoms with van der Waals surface area (Å²) in [6.45, 7) is 0. The highest BCUT2D eigenvalue weighted by molar-refractivity contribution is 7.28. The van der Waals surface area contributed by atoms with Crippen LogP contribution in [0, 0.1) is 0 Å². The molecule has 0 saturated heterocycles. The van der Waals surface area contributed by atoms with Gasteiger partial charge in [0.25, 0.3) is 0 Å². The maximum absolute atomic E-state index is 6.67. The van der Waals surface area contributed by atoms with E-state index in [9.17, 15) is 0 Å². The van der Waals surface area contributed by atoms with Crippen molar-refractivity contribution in [1.82, 2.24) is 0 Å². The highest BCUT2D eigenvalue weighted by Gasteiger charge is 2.23. The number of para-hydroxylation sites is 2. The summed E-state index contributed by atoms with van der Waals surface area (Å²) in [5, 5.41) is 10.2. The third-order valence-electron chi connectivity index (χ3n) is 10.1. The van der Waals surface area contributed by atoms with Crippen molar-refractivity contribution in [3.63, 3.8) is 0 Å². The first kappa shape index (κ1) is 28.0. The Morgan fingerprint density at radius 2 is 1.02 bits per heavy atom. The Labute approximate surface area is 295 Å². The summed E-state index contributed by atoms with van der Waals surface area (Å²) in [4.78, 5) is 2.40. The number of benzene rings is 8. The minimum absolute atomic E-state index is 0.886. The molecule has 0 radical (unpaired) electrons. The molecule has 0 N–H and O–H groups in total. The van der Waals surface area contributed by atoms with Crippen LogP contribution in [-0.2, 0) is 0 Å². The second-order valence-electron chi connectivity index (χ2n) is 12.8. The van der Waals surface area contributed by atoms with Crippen molar-refractivity contribution in [3.05, 3.63) is 164 Å². The van der Waals surface area contributed by atoms with E-state index in [1.165, 1.54) is 62.2 Å². The first-order chi connectivity index (χ1) is 24.8. The fourth-order valence-corrected chi connectivity index (χ4v) is 10.3. The van der Waals surface area contributed by atoms with Crippen LogP contribution in [0.3, 0.4) is 0 Å². The van der Waals surface area contributed by atoms with Gasteiger partial charge in [-0.1, -0.05) is 121 Å². The van der Waals surface area contributed by atoms with Crippen LogP contribution in [0.2, 0.25) is 0 Å². The number of hydrogen-bond donors (Lipinski definition) is 0. The molecular formula is C46H27NOS2. The lowest BCUT2D eigenvalue weighted by atomic mass is 10.0. The molecule has 50 heavy (non-hydrogen) atoms. The van der Waals surface area contributed by atoms with E-state index in [0.717, 1.165) is 39.0 Å². The zero-order chi connectivity index (χ0) is 32.8. The maximum atomic E-state index is 6.67. The van der Waals surface area contributed by atoms with Crippen LogP contribution in [0.1, 0.15) is 0 Å². The van der Waals surface area contributed by atoms with Crippen LogP contribution in [-0.4, -0.2) is 0 Å². The summed E-state index contributed by atoms with van der Waals surface area (Å²) in [5.41, 5.74) is 7.42. The Bertz CT molecular complexity index is 3090. The average Bonchev–Trinajstić information content (AvgIpc) is 3.87. The van der Waals surface area contributed by atoms with E-state index in [4.69, 9.17) is 4.42 Å². The van der Waals surface area contributed by atoms with E-state index >= 15 is 0 Å². The topological polar surface area (TPSA) is 16.4 Å². The SMILES string of the molecule is c1ccc(-c2ccc(N(c3cccc4c3oc3ccccc34)c3cccc4c3sc3ccc5sc6c7ccccc7ccc6c5c34)cc2)cc1. The molecule has 0 unspecified atom stereocenters. The molecule has 0 aliphatic rings. The van der Waals surface area contributed by atoms with E-state index in [-0.39, 0.29) is 0 Å². The molecule has 8 aromatic carbocycles. The van der Waals surface area contributed by atoms with E-state index in [0.29, 0.717) is 0 Å². The van der Waals surface area contributed by atoms with Crippen LogP contribution in [0.4, 0.5) is 17.1 Å². The van der Waals surface area contributed by atoms with Crippen molar-refractivity contribution < 1.29 is 4.42 Å². The van der Waals surface area contributed by atoms with E-state index in [2.05, 4.69) is 163 Å².